The monoisotopic (exact) mass is 336 g/mol. The first-order valence-corrected chi connectivity index (χ1v) is 8.02. The molecule has 0 saturated heterocycles. The fraction of sp³-hybridized carbons (Fsp3) is 0.222. The lowest BCUT2D eigenvalue weighted by molar-refractivity contribution is 0.293. The predicted molar refractivity (Wildman–Crippen MR) is 92.6 cm³/mol. The lowest BCUT2D eigenvalue weighted by Gasteiger charge is -2.10. The molecule has 2 aromatic heterocycles. The Morgan fingerprint density at radius 2 is 1.92 bits per heavy atom. The normalized spacial score (nSPS) is 11.3. The average molecular weight is 336 g/mol. The zero-order chi connectivity index (χ0) is 17.4. The molecule has 0 unspecified atom stereocenters. The quantitative estimate of drug-likeness (QED) is 0.421. The number of hydrogen-bond acceptors (Lipinski definition) is 6. The molecule has 0 saturated carbocycles. The Balaban J connectivity index is 1.74. The summed E-state index contributed by atoms with van der Waals surface area (Å²) in [5.41, 5.74) is 0.950. The van der Waals surface area contributed by atoms with E-state index in [-0.39, 0.29) is 12.2 Å². The van der Waals surface area contributed by atoms with E-state index in [1.165, 1.54) is 4.80 Å². The summed E-state index contributed by atoms with van der Waals surface area (Å²) in [6, 6.07) is 11.2. The molecular formula is C18H16N4O3. The standard InChI is InChI=1S/C18H16N4O3/c1-3-22-20-16(19-21-22)10-24-15-9-8-13-12-6-4-5-7-14(12)18(23)25-17(13)11(15)2/h4-9H,3,10H2,1-2H3. The molecular weight excluding hydrogens is 320 g/mol. The number of tetrazole rings is 1. The van der Waals surface area contributed by atoms with Gasteiger partial charge in [-0.05, 0) is 42.6 Å². The van der Waals surface area contributed by atoms with Crippen LogP contribution < -0.4 is 10.4 Å². The van der Waals surface area contributed by atoms with Gasteiger partial charge in [-0.15, -0.1) is 10.2 Å². The maximum absolute atomic E-state index is 12.2. The van der Waals surface area contributed by atoms with Crippen LogP contribution in [0, 0.1) is 6.92 Å². The second kappa shape index (κ2) is 6.01. The molecule has 7 heteroatoms. The van der Waals surface area contributed by atoms with Gasteiger partial charge in [0.05, 0.1) is 11.9 Å². The van der Waals surface area contributed by atoms with E-state index in [1.807, 2.05) is 44.2 Å². The Bertz CT molecular complexity index is 1130. The highest BCUT2D eigenvalue weighted by atomic mass is 16.5. The molecule has 4 rings (SSSR count). The lowest BCUT2D eigenvalue weighted by Crippen LogP contribution is -2.03. The minimum absolute atomic E-state index is 0.199. The van der Waals surface area contributed by atoms with Gasteiger partial charge in [0.15, 0.2) is 6.61 Å². The van der Waals surface area contributed by atoms with Crippen molar-refractivity contribution in [3.8, 4) is 5.75 Å². The molecule has 25 heavy (non-hydrogen) atoms. The van der Waals surface area contributed by atoms with Gasteiger partial charge >= 0.3 is 5.63 Å². The molecule has 2 aromatic carbocycles. The van der Waals surface area contributed by atoms with Crippen molar-refractivity contribution in [3.05, 3.63) is 58.2 Å². The third kappa shape index (κ3) is 2.63. The van der Waals surface area contributed by atoms with E-state index in [0.717, 1.165) is 16.3 Å². The lowest BCUT2D eigenvalue weighted by atomic mass is 10.0. The van der Waals surface area contributed by atoms with Gasteiger partial charge < -0.3 is 9.15 Å². The van der Waals surface area contributed by atoms with Gasteiger partial charge in [-0.3, -0.25) is 0 Å². The first-order valence-electron chi connectivity index (χ1n) is 8.02. The fourth-order valence-electron chi connectivity index (χ4n) is 2.83. The second-order valence-corrected chi connectivity index (χ2v) is 5.68. The number of aromatic nitrogens is 4. The van der Waals surface area contributed by atoms with E-state index in [9.17, 15) is 4.79 Å². The van der Waals surface area contributed by atoms with Crippen LogP contribution in [-0.2, 0) is 13.2 Å². The van der Waals surface area contributed by atoms with Crippen LogP contribution in [-0.4, -0.2) is 20.2 Å². The molecule has 2 heterocycles. The van der Waals surface area contributed by atoms with Crippen LogP contribution in [0.1, 0.15) is 18.3 Å². The Morgan fingerprint density at radius 3 is 2.68 bits per heavy atom. The van der Waals surface area contributed by atoms with E-state index in [2.05, 4.69) is 15.4 Å². The molecule has 0 amide bonds. The van der Waals surface area contributed by atoms with Crippen molar-refractivity contribution in [2.45, 2.75) is 27.0 Å². The molecule has 126 valence electrons. The average Bonchev–Trinajstić information content (AvgIpc) is 3.10. The summed E-state index contributed by atoms with van der Waals surface area (Å²) in [5, 5.41) is 14.3. The van der Waals surface area contributed by atoms with Gasteiger partial charge in [0.25, 0.3) is 0 Å². The first kappa shape index (κ1) is 15.3. The molecule has 0 radical (unpaired) electrons. The highest BCUT2D eigenvalue weighted by molar-refractivity contribution is 6.05. The molecule has 0 fully saturated rings. The van der Waals surface area contributed by atoms with Gasteiger partial charge in [-0.25, -0.2) is 4.79 Å². The number of hydrogen-bond donors (Lipinski definition) is 0. The highest BCUT2D eigenvalue weighted by Gasteiger charge is 2.13. The third-order valence-corrected chi connectivity index (χ3v) is 4.12. The largest absolute Gasteiger partial charge is 0.485 e. The highest BCUT2D eigenvalue weighted by Crippen LogP contribution is 2.30. The molecule has 7 nitrogen and oxygen atoms in total. The summed E-state index contributed by atoms with van der Waals surface area (Å²) in [5.74, 6) is 1.13. The van der Waals surface area contributed by atoms with Crippen LogP contribution >= 0.6 is 0 Å². The van der Waals surface area contributed by atoms with E-state index < -0.39 is 0 Å². The van der Waals surface area contributed by atoms with Crippen LogP contribution in [0.2, 0.25) is 0 Å². The zero-order valence-corrected chi connectivity index (χ0v) is 13.9. The van der Waals surface area contributed by atoms with Gasteiger partial charge in [0.2, 0.25) is 5.82 Å². The van der Waals surface area contributed by atoms with E-state index >= 15 is 0 Å². The maximum atomic E-state index is 12.2. The summed E-state index contributed by atoms with van der Waals surface area (Å²) < 4.78 is 11.3. The van der Waals surface area contributed by atoms with Gasteiger partial charge in [0.1, 0.15) is 11.3 Å². The zero-order valence-electron chi connectivity index (χ0n) is 13.9. The SMILES string of the molecule is CCn1nnc(COc2ccc3c(oc(=O)c4ccccc43)c2C)n1. The third-order valence-electron chi connectivity index (χ3n) is 4.12. The Labute approximate surface area is 142 Å². The fourth-order valence-corrected chi connectivity index (χ4v) is 2.83. The minimum atomic E-state index is -0.351. The van der Waals surface area contributed by atoms with Crippen molar-refractivity contribution in [1.82, 2.24) is 20.2 Å². The molecule has 0 N–H and O–H groups in total. The van der Waals surface area contributed by atoms with Crippen LogP contribution in [0.4, 0.5) is 0 Å². The maximum Gasteiger partial charge on any atom is 0.344 e. The summed E-state index contributed by atoms with van der Waals surface area (Å²) >= 11 is 0. The minimum Gasteiger partial charge on any atom is -0.485 e. The number of nitrogens with zero attached hydrogens (tertiary/aromatic N) is 4. The number of fused-ring (bicyclic) bond motifs is 3. The Kier molecular flexibility index (Phi) is 3.68. The number of ether oxygens (including phenoxy) is 1. The Hall–Kier alpha value is -3.22. The van der Waals surface area contributed by atoms with Crippen LogP contribution in [0.3, 0.4) is 0 Å². The predicted octanol–water partition coefficient (Wildman–Crippen LogP) is 2.84. The smallest absolute Gasteiger partial charge is 0.344 e. The summed E-state index contributed by atoms with van der Waals surface area (Å²) in [7, 11) is 0. The molecule has 0 bridgehead atoms. The van der Waals surface area contributed by atoms with E-state index in [4.69, 9.17) is 9.15 Å². The van der Waals surface area contributed by atoms with Crippen LogP contribution in [0.5, 0.6) is 5.75 Å². The van der Waals surface area contributed by atoms with Crippen molar-refractivity contribution >= 4 is 21.7 Å². The molecule has 0 atom stereocenters. The first-order chi connectivity index (χ1) is 12.2. The summed E-state index contributed by atoms with van der Waals surface area (Å²) in [4.78, 5) is 13.7. The van der Waals surface area contributed by atoms with Crippen molar-refractivity contribution in [2.75, 3.05) is 0 Å². The van der Waals surface area contributed by atoms with Crippen molar-refractivity contribution in [1.29, 1.82) is 0 Å². The number of rotatable bonds is 4. The molecule has 0 aliphatic rings. The van der Waals surface area contributed by atoms with Gasteiger partial charge in [0, 0.05) is 10.9 Å². The van der Waals surface area contributed by atoms with Gasteiger partial charge in [-0.2, -0.15) is 4.80 Å². The molecule has 0 aliphatic heterocycles. The van der Waals surface area contributed by atoms with Crippen molar-refractivity contribution in [3.63, 3.8) is 0 Å². The molecule has 0 spiro atoms. The Morgan fingerprint density at radius 1 is 1.12 bits per heavy atom. The van der Waals surface area contributed by atoms with E-state index in [0.29, 0.717) is 29.1 Å². The number of benzene rings is 2. The topological polar surface area (TPSA) is 83.0 Å². The number of aryl methyl sites for hydroxylation is 2. The molecule has 4 aromatic rings. The van der Waals surface area contributed by atoms with Crippen molar-refractivity contribution < 1.29 is 9.15 Å². The van der Waals surface area contributed by atoms with Crippen LogP contribution in [0.15, 0.2) is 45.6 Å². The van der Waals surface area contributed by atoms with E-state index in [1.54, 1.807) is 6.07 Å². The van der Waals surface area contributed by atoms with Gasteiger partial charge in [-0.1, -0.05) is 18.2 Å². The van der Waals surface area contributed by atoms with Crippen LogP contribution in [0.25, 0.3) is 21.7 Å². The summed E-state index contributed by atoms with van der Waals surface area (Å²) in [6.45, 7) is 4.65. The molecule has 0 aliphatic carbocycles. The summed E-state index contributed by atoms with van der Waals surface area (Å²) in [6.07, 6.45) is 0. The van der Waals surface area contributed by atoms with Crippen molar-refractivity contribution in [2.24, 2.45) is 0 Å². The second-order valence-electron chi connectivity index (χ2n) is 5.68.